The molecule has 2 aromatic rings. The molecule has 0 atom stereocenters. The van der Waals surface area contributed by atoms with Gasteiger partial charge in [0.25, 0.3) is 11.6 Å². The van der Waals surface area contributed by atoms with E-state index >= 15 is 0 Å². The average Bonchev–Trinajstić information content (AvgIpc) is 3.30. The van der Waals surface area contributed by atoms with Crippen molar-refractivity contribution in [2.75, 3.05) is 23.3 Å². The highest BCUT2D eigenvalue weighted by atomic mass is 32.1. The number of carbonyl (C=O) groups is 1. The summed E-state index contributed by atoms with van der Waals surface area (Å²) < 4.78 is 0. The highest BCUT2D eigenvalue weighted by Crippen LogP contribution is 2.37. The normalized spacial score (nSPS) is 16.0. The molecule has 7 nitrogen and oxygen atoms in total. The summed E-state index contributed by atoms with van der Waals surface area (Å²) in [5.74, 6) is -0.422. The molecule has 0 radical (unpaired) electrons. The summed E-state index contributed by atoms with van der Waals surface area (Å²) in [5.41, 5.74) is 2.34. The first-order valence-electron chi connectivity index (χ1n) is 9.98. The Morgan fingerprint density at radius 1 is 1.17 bits per heavy atom. The van der Waals surface area contributed by atoms with Crippen molar-refractivity contribution < 1.29 is 9.72 Å². The Labute approximate surface area is 173 Å². The number of fused-ring (bicyclic) bond motifs is 1. The number of nitrogens with one attached hydrogen (secondary N) is 1. The number of nitro benzene ring substituents is 1. The summed E-state index contributed by atoms with van der Waals surface area (Å²) in [6, 6.07) is 6.87. The number of carbonyl (C=O) groups excluding carboxylic acids is 1. The fourth-order valence-corrected chi connectivity index (χ4v) is 5.40. The molecule has 0 bridgehead atoms. The predicted molar refractivity (Wildman–Crippen MR) is 113 cm³/mol. The Kier molecular flexibility index (Phi) is 5.49. The van der Waals surface area contributed by atoms with Gasteiger partial charge < -0.3 is 10.2 Å². The van der Waals surface area contributed by atoms with Gasteiger partial charge in [-0.25, -0.2) is 0 Å². The molecular weight excluding hydrogens is 388 g/mol. The van der Waals surface area contributed by atoms with Gasteiger partial charge in [0.15, 0.2) is 0 Å². The summed E-state index contributed by atoms with van der Waals surface area (Å²) >= 11 is 1.46. The van der Waals surface area contributed by atoms with Crippen LogP contribution in [0.25, 0.3) is 0 Å². The second-order valence-electron chi connectivity index (χ2n) is 7.49. The Balaban J connectivity index is 1.61. The molecule has 1 fully saturated rings. The van der Waals surface area contributed by atoms with Crippen LogP contribution in [0.1, 0.15) is 58.5 Å². The maximum atomic E-state index is 12.8. The summed E-state index contributed by atoms with van der Waals surface area (Å²) in [6.45, 7) is 1.58. The zero-order chi connectivity index (χ0) is 20.4. The molecule has 8 heteroatoms. The molecule has 1 saturated heterocycles. The number of benzene rings is 1. The number of rotatable bonds is 4. The fraction of sp³-hybridized carbons (Fsp3) is 0.429. The quantitative estimate of drug-likeness (QED) is 0.449. The van der Waals surface area contributed by atoms with Crippen LogP contribution in [-0.4, -0.2) is 23.9 Å². The second kappa shape index (κ2) is 8.21. The molecule has 2 aliphatic rings. The third-order valence-electron chi connectivity index (χ3n) is 5.64. The lowest BCUT2D eigenvalue weighted by Crippen LogP contribution is -2.19. The minimum atomic E-state index is -0.432. The maximum absolute atomic E-state index is 12.8. The molecule has 0 saturated carbocycles. The number of nitriles is 1. The van der Waals surface area contributed by atoms with Crippen molar-refractivity contribution in [1.29, 1.82) is 5.26 Å². The van der Waals surface area contributed by atoms with Crippen molar-refractivity contribution in [3.63, 3.8) is 0 Å². The van der Waals surface area contributed by atoms with Gasteiger partial charge in [-0.15, -0.1) is 11.3 Å². The van der Waals surface area contributed by atoms with Crippen molar-refractivity contribution >= 4 is 33.6 Å². The van der Waals surface area contributed by atoms with Crippen molar-refractivity contribution in [2.45, 2.75) is 44.9 Å². The monoisotopic (exact) mass is 410 g/mol. The molecule has 0 spiro atoms. The lowest BCUT2D eigenvalue weighted by molar-refractivity contribution is -0.384. The van der Waals surface area contributed by atoms with Gasteiger partial charge in [-0.05, 0) is 56.2 Å². The van der Waals surface area contributed by atoms with E-state index in [0.29, 0.717) is 16.3 Å². The van der Waals surface area contributed by atoms with Gasteiger partial charge >= 0.3 is 0 Å². The molecule has 150 valence electrons. The highest BCUT2D eigenvalue weighted by molar-refractivity contribution is 7.16. The van der Waals surface area contributed by atoms with E-state index in [1.54, 1.807) is 12.1 Å². The van der Waals surface area contributed by atoms with Gasteiger partial charge in [0.2, 0.25) is 0 Å². The van der Waals surface area contributed by atoms with Crippen LogP contribution in [0.15, 0.2) is 18.2 Å². The molecule has 2 heterocycles. The van der Waals surface area contributed by atoms with Crippen molar-refractivity contribution in [1.82, 2.24) is 0 Å². The third-order valence-corrected chi connectivity index (χ3v) is 6.85. The number of thiophene rings is 1. The molecular formula is C21H22N4O3S. The summed E-state index contributed by atoms with van der Waals surface area (Å²) in [5, 5.41) is 24.6. The van der Waals surface area contributed by atoms with Crippen molar-refractivity contribution in [3.05, 3.63) is 49.9 Å². The first kappa shape index (κ1) is 19.4. The number of nitrogens with zero attached hydrogens (tertiary/aromatic N) is 3. The molecule has 1 aliphatic carbocycles. The van der Waals surface area contributed by atoms with Crippen molar-refractivity contribution in [3.8, 4) is 6.07 Å². The number of hydrogen-bond donors (Lipinski definition) is 1. The van der Waals surface area contributed by atoms with Crippen LogP contribution in [0.2, 0.25) is 0 Å². The molecule has 29 heavy (non-hydrogen) atoms. The number of amides is 1. The molecule has 0 unspecified atom stereocenters. The molecule has 4 rings (SSSR count). The fourth-order valence-electron chi connectivity index (χ4n) is 4.16. The number of nitro groups is 1. The third kappa shape index (κ3) is 3.83. The van der Waals surface area contributed by atoms with E-state index in [1.807, 2.05) is 4.90 Å². The molecule has 1 aromatic heterocycles. The van der Waals surface area contributed by atoms with Gasteiger partial charge in [-0.1, -0.05) is 6.42 Å². The minimum Gasteiger partial charge on any atom is -0.366 e. The van der Waals surface area contributed by atoms with Crippen LogP contribution in [-0.2, 0) is 12.8 Å². The van der Waals surface area contributed by atoms with E-state index < -0.39 is 10.8 Å². The Morgan fingerprint density at radius 2 is 1.93 bits per heavy atom. The minimum absolute atomic E-state index is 0.0537. The van der Waals surface area contributed by atoms with Crippen molar-refractivity contribution in [2.24, 2.45) is 0 Å². The van der Waals surface area contributed by atoms with E-state index in [4.69, 9.17) is 0 Å². The first-order chi connectivity index (χ1) is 14.1. The largest absolute Gasteiger partial charge is 0.366 e. The first-order valence-corrected chi connectivity index (χ1v) is 10.8. The zero-order valence-corrected chi connectivity index (χ0v) is 16.9. The lowest BCUT2D eigenvalue weighted by Gasteiger charge is -2.17. The van der Waals surface area contributed by atoms with E-state index in [0.717, 1.165) is 63.6 Å². The van der Waals surface area contributed by atoms with Gasteiger partial charge in [0, 0.05) is 29.6 Å². The number of aryl methyl sites for hydroxylation is 1. The molecule has 1 N–H and O–H groups in total. The SMILES string of the molecule is N#Cc1c(NC(=O)c2ccc(N3CCCC3)c([N+](=O)[O-])c2)sc2c1CCCCC2. The number of hydrogen-bond acceptors (Lipinski definition) is 6. The van der Waals surface area contributed by atoms with Crippen LogP contribution in [0.3, 0.4) is 0 Å². The zero-order valence-electron chi connectivity index (χ0n) is 16.1. The van der Waals surface area contributed by atoms with E-state index in [-0.39, 0.29) is 11.3 Å². The van der Waals surface area contributed by atoms with Crippen LogP contribution >= 0.6 is 11.3 Å². The smallest absolute Gasteiger partial charge is 0.293 e. The average molecular weight is 410 g/mol. The highest BCUT2D eigenvalue weighted by Gasteiger charge is 2.25. The number of anilines is 2. The van der Waals surface area contributed by atoms with Crippen LogP contribution < -0.4 is 10.2 Å². The van der Waals surface area contributed by atoms with Gasteiger partial charge in [0.1, 0.15) is 16.8 Å². The van der Waals surface area contributed by atoms with E-state index in [9.17, 15) is 20.2 Å². The standard InChI is InChI=1S/C21H22N4O3S/c22-13-16-15-6-2-1-3-7-19(15)29-21(16)23-20(26)14-8-9-17(18(12-14)25(27)28)24-10-4-5-11-24/h8-9,12H,1-7,10-11H2,(H,23,26). The molecule has 1 aliphatic heterocycles. The molecule has 1 aromatic carbocycles. The maximum Gasteiger partial charge on any atom is 0.293 e. The summed E-state index contributed by atoms with van der Waals surface area (Å²) in [6.07, 6.45) is 7.12. The topological polar surface area (TPSA) is 99.3 Å². The summed E-state index contributed by atoms with van der Waals surface area (Å²) in [4.78, 5) is 27.1. The van der Waals surface area contributed by atoms with Crippen LogP contribution in [0, 0.1) is 21.4 Å². The van der Waals surface area contributed by atoms with E-state index in [2.05, 4.69) is 11.4 Å². The van der Waals surface area contributed by atoms with Crippen LogP contribution in [0.4, 0.5) is 16.4 Å². The second-order valence-corrected chi connectivity index (χ2v) is 8.59. The van der Waals surface area contributed by atoms with Gasteiger partial charge in [0.05, 0.1) is 10.5 Å². The Morgan fingerprint density at radius 3 is 2.66 bits per heavy atom. The van der Waals surface area contributed by atoms with Gasteiger partial charge in [-0.3, -0.25) is 14.9 Å². The van der Waals surface area contributed by atoms with Crippen LogP contribution in [0.5, 0.6) is 0 Å². The van der Waals surface area contributed by atoms with Gasteiger partial charge in [-0.2, -0.15) is 5.26 Å². The lowest BCUT2D eigenvalue weighted by atomic mass is 10.1. The summed E-state index contributed by atoms with van der Waals surface area (Å²) in [7, 11) is 0. The molecule has 1 amide bonds. The predicted octanol–water partition coefficient (Wildman–Crippen LogP) is 4.65. The Hall–Kier alpha value is -2.92. The van der Waals surface area contributed by atoms with E-state index in [1.165, 1.54) is 22.3 Å². The Bertz CT molecular complexity index is 1000.